The zero-order valence-corrected chi connectivity index (χ0v) is 12.4. The van der Waals surface area contributed by atoms with E-state index in [9.17, 15) is 9.59 Å². The van der Waals surface area contributed by atoms with Crippen molar-refractivity contribution >= 4 is 5.91 Å². The normalized spacial score (nSPS) is 12.0. The van der Waals surface area contributed by atoms with Crippen LogP contribution in [-0.4, -0.2) is 22.2 Å². The fraction of sp³-hybridized carbons (Fsp3) is 0.188. The smallest absolute Gasteiger partial charge is 0.287 e. The van der Waals surface area contributed by atoms with Gasteiger partial charge in [0.15, 0.2) is 11.5 Å². The van der Waals surface area contributed by atoms with E-state index in [2.05, 4.69) is 10.4 Å². The molecule has 118 valence electrons. The zero-order chi connectivity index (χ0) is 16.2. The molecule has 0 aromatic carbocycles. The highest BCUT2D eigenvalue weighted by atomic mass is 16.3. The van der Waals surface area contributed by atoms with Crippen molar-refractivity contribution in [1.29, 1.82) is 0 Å². The van der Waals surface area contributed by atoms with Gasteiger partial charge in [-0.15, -0.1) is 0 Å². The van der Waals surface area contributed by atoms with E-state index in [0.717, 1.165) is 0 Å². The van der Waals surface area contributed by atoms with E-state index in [0.29, 0.717) is 11.5 Å². The molecule has 7 heteroatoms. The molecule has 3 aromatic rings. The fourth-order valence-electron chi connectivity index (χ4n) is 2.12. The fourth-order valence-corrected chi connectivity index (χ4v) is 2.12. The minimum atomic E-state index is -0.336. The van der Waals surface area contributed by atoms with Gasteiger partial charge in [-0.25, -0.2) is 4.68 Å². The van der Waals surface area contributed by atoms with Crippen LogP contribution in [-0.2, 0) is 0 Å². The number of hydrogen-bond acceptors (Lipinski definition) is 5. The number of aromatic nitrogens is 2. The quantitative estimate of drug-likeness (QED) is 0.779. The van der Waals surface area contributed by atoms with Crippen LogP contribution in [0.25, 0.3) is 11.5 Å². The summed E-state index contributed by atoms with van der Waals surface area (Å²) in [5.41, 5.74) is 0.305. The lowest BCUT2D eigenvalue weighted by molar-refractivity contribution is 0.0920. The molecule has 0 saturated carbocycles. The standard InChI is InChI=1S/C16H15N3O4/c1-11(10-17-16(21)14-5-3-9-23-14)19-15(20)7-6-12(18-19)13-4-2-8-22-13/h2-9,11H,10H2,1H3,(H,17,21). The third-order valence-electron chi connectivity index (χ3n) is 3.32. The van der Waals surface area contributed by atoms with Gasteiger partial charge in [-0.05, 0) is 37.3 Å². The average Bonchev–Trinajstić information content (AvgIpc) is 3.25. The lowest BCUT2D eigenvalue weighted by Crippen LogP contribution is -2.34. The van der Waals surface area contributed by atoms with Crippen molar-refractivity contribution in [3.63, 3.8) is 0 Å². The molecular weight excluding hydrogens is 298 g/mol. The van der Waals surface area contributed by atoms with Gasteiger partial charge in [0, 0.05) is 12.6 Å². The number of furan rings is 2. The molecule has 3 rings (SSSR count). The minimum Gasteiger partial charge on any atom is -0.463 e. The first-order valence-electron chi connectivity index (χ1n) is 7.10. The first kappa shape index (κ1) is 14.8. The molecule has 0 radical (unpaired) electrons. The second-order valence-corrected chi connectivity index (χ2v) is 5.02. The summed E-state index contributed by atoms with van der Waals surface area (Å²) in [6, 6.07) is 9.43. The summed E-state index contributed by atoms with van der Waals surface area (Å²) >= 11 is 0. The van der Waals surface area contributed by atoms with Crippen molar-refractivity contribution in [2.75, 3.05) is 6.54 Å². The maximum atomic E-state index is 12.0. The average molecular weight is 313 g/mol. The molecule has 0 spiro atoms. The van der Waals surface area contributed by atoms with Gasteiger partial charge in [0.25, 0.3) is 11.5 Å². The van der Waals surface area contributed by atoms with Gasteiger partial charge in [-0.3, -0.25) is 9.59 Å². The van der Waals surface area contributed by atoms with E-state index in [4.69, 9.17) is 8.83 Å². The number of amides is 1. The Balaban J connectivity index is 1.74. The van der Waals surface area contributed by atoms with Crippen molar-refractivity contribution in [2.24, 2.45) is 0 Å². The molecule has 0 saturated heterocycles. The van der Waals surface area contributed by atoms with Crippen molar-refractivity contribution in [3.8, 4) is 11.5 Å². The number of carbonyl (C=O) groups is 1. The van der Waals surface area contributed by atoms with Gasteiger partial charge < -0.3 is 14.2 Å². The summed E-state index contributed by atoms with van der Waals surface area (Å²) in [5, 5.41) is 7.00. The molecule has 0 aliphatic carbocycles. The number of hydrogen-bond donors (Lipinski definition) is 1. The second-order valence-electron chi connectivity index (χ2n) is 5.02. The summed E-state index contributed by atoms with van der Waals surface area (Å²) in [5.74, 6) is 0.463. The van der Waals surface area contributed by atoms with Crippen LogP contribution in [0.2, 0.25) is 0 Å². The van der Waals surface area contributed by atoms with Crippen molar-refractivity contribution in [2.45, 2.75) is 13.0 Å². The minimum absolute atomic E-state index is 0.224. The van der Waals surface area contributed by atoms with Crippen LogP contribution in [0.1, 0.15) is 23.5 Å². The van der Waals surface area contributed by atoms with Gasteiger partial charge in [0.1, 0.15) is 5.69 Å². The highest BCUT2D eigenvalue weighted by molar-refractivity contribution is 5.91. The summed E-state index contributed by atoms with van der Waals surface area (Å²) in [7, 11) is 0. The Labute approximate surface area is 131 Å². The highest BCUT2D eigenvalue weighted by Gasteiger charge is 2.14. The molecule has 1 amide bonds. The molecule has 3 heterocycles. The van der Waals surface area contributed by atoms with E-state index in [1.54, 1.807) is 43.5 Å². The van der Waals surface area contributed by atoms with E-state index in [-0.39, 0.29) is 29.8 Å². The number of rotatable bonds is 5. The Morgan fingerprint density at radius 1 is 1.22 bits per heavy atom. The summed E-state index contributed by atoms with van der Waals surface area (Å²) in [4.78, 5) is 23.8. The summed E-state index contributed by atoms with van der Waals surface area (Å²) in [6.07, 6.45) is 2.97. The van der Waals surface area contributed by atoms with E-state index in [1.807, 2.05) is 0 Å². The Morgan fingerprint density at radius 3 is 2.70 bits per heavy atom. The van der Waals surface area contributed by atoms with E-state index in [1.165, 1.54) is 17.0 Å². The van der Waals surface area contributed by atoms with Crippen molar-refractivity contribution in [3.05, 3.63) is 65.0 Å². The predicted molar refractivity (Wildman–Crippen MR) is 82.0 cm³/mol. The Bertz CT molecular complexity index is 835. The maximum absolute atomic E-state index is 12.0. The number of nitrogens with zero attached hydrogens (tertiary/aromatic N) is 2. The van der Waals surface area contributed by atoms with E-state index >= 15 is 0 Å². The molecule has 0 bridgehead atoms. The van der Waals surface area contributed by atoms with Gasteiger partial charge in [0.2, 0.25) is 0 Å². The van der Waals surface area contributed by atoms with Crippen molar-refractivity contribution < 1.29 is 13.6 Å². The molecule has 1 atom stereocenters. The molecular formula is C16H15N3O4. The van der Waals surface area contributed by atoms with Crippen LogP contribution in [0.15, 0.2) is 62.6 Å². The lowest BCUT2D eigenvalue weighted by Gasteiger charge is -2.14. The van der Waals surface area contributed by atoms with Crippen LogP contribution in [0, 0.1) is 0 Å². The third-order valence-corrected chi connectivity index (χ3v) is 3.32. The van der Waals surface area contributed by atoms with Crippen LogP contribution < -0.4 is 10.9 Å². The lowest BCUT2D eigenvalue weighted by atomic mass is 10.3. The van der Waals surface area contributed by atoms with Crippen LogP contribution >= 0.6 is 0 Å². The molecule has 1 N–H and O–H groups in total. The van der Waals surface area contributed by atoms with E-state index < -0.39 is 0 Å². The molecule has 0 aliphatic rings. The zero-order valence-electron chi connectivity index (χ0n) is 12.4. The molecule has 0 fully saturated rings. The first-order valence-corrected chi connectivity index (χ1v) is 7.10. The molecule has 23 heavy (non-hydrogen) atoms. The molecule has 3 aromatic heterocycles. The maximum Gasteiger partial charge on any atom is 0.287 e. The predicted octanol–water partition coefficient (Wildman–Crippen LogP) is 2.09. The largest absolute Gasteiger partial charge is 0.463 e. The van der Waals surface area contributed by atoms with Crippen LogP contribution in [0.5, 0.6) is 0 Å². The number of carbonyl (C=O) groups excluding carboxylic acids is 1. The molecule has 0 aliphatic heterocycles. The van der Waals surface area contributed by atoms with Crippen LogP contribution in [0.3, 0.4) is 0 Å². The third kappa shape index (κ3) is 3.23. The second kappa shape index (κ2) is 6.35. The Morgan fingerprint density at radius 2 is 2.00 bits per heavy atom. The van der Waals surface area contributed by atoms with Gasteiger partial charge in [-0.1, -0.05) is 0 Å². The van der Waals surface area contributed by atoms with Gasteiger partial charge in [0.05, 0.1) is 18.6 Å². The van der Waals surface area contributed by atoms with Crippen molar-refractivity contribution in [1.82, 2.24) is 15.1 Å². The first-order chi connectivity index (χ1) is 11.1. The molecule has 7 nitrogen and oxygen atoms in total. The summed E-state index contributed by atoms with van der Waals surface area (Å²) in [6.45, 7) is 2.04. The number of nitrogens with one attached hydrogen (secondary N) is 1. The molecule has 1 unspecified atom stereocenters. The van der Waals surface area contributed by atoms with Crippen LogP contribution in [0.4, 0.5) is 0 Å². The van der Waals surface area contributed by atoms with Gasteiger partial charge >= 0.3 is 0 Å². The topological polar surface area (TPSA) is 90.3 Å². The van der Waals surface area contributed by atoms with Gasteiger partial charge in [-0.2, -0.15) is 5.10 Å². The SMILES string of the molecule is CC(CNC(=O)c1ccco1)n1nc(-c2ccco2)ccc1=O. The monoisotopic (exact) mass is 313 g/mol. The Kier molecular flexibility index (Phi) is 4.09. The Hall–Kier alpha value is -3.09. The summed E-state index contributed by atoms with van der Waals surface area (Å²) < 4.78 is 11.6. The highest BCUT2D eigenvalue weighted by Crippen LogP contribution is 2.16.